The molecule has 3 aromatic rings. The van der Waals surface area contributed by atoms with Crippen molar-refractivity contribution >= 4 is 50.5 Å². The highest BCUT2D eigenvalue weighted by Crippen LogP contribution is 2.35. The summed E-state index contributed by atoms with van der Waals surface area (Å²) in [6.45, 7) is 3.77. The van der Waals surface area contributed by atoms with Crippen molar-refractivity contribution in [3.8, 4) is 5.75 Å². The number of rotatable bonds is 7. The third kappa shape index (κ3) is 5.56. The Hall–Kier alpha value is -2.94. The van der Waals surface area contributed by atoms with Crippen LogP contribution < -0.4 is 13.9 Å². The zero-order valence-electron chi connectivity index (χ0n) is 20.0. The topological polar surface area (TPSA) is 70.2 Å². The van der Waals surface area contributed by atoms with E-state index in [1.807, 2.05) is 25.1 Å². The molecule has 1 heterocycles. The molecule has 36 heavy (non-hydrogen) atoms. The summed E-state index contributed by atoms with van der Waals surface area (Å²) in [5, 5.41) is 0.989. The largest absolute Gasteiger partial charge is 0.495 e. The van der Waals surface area contributed by atoms with Crippen LogP contribution in [0.3, 0.4) is 0 Å². The average molecular weight is 548 g/mol. The number of carbonyl (C=O) groups excluding carboxylic acids is 1. The predicted octanol–water partition coefficient (Wildman–Crippen LogP) is 4.85. The monoisotopic (exact) mass is 547 g/mol. The molecule has 0 bridgehead atoms. The number of methoxy groups -OCH3 is 1. The molecule has 0 spiro atoms. The van der Waals surface area contributed by atoms with Crippen LogP contribution in [-0.4, -0.2) is 59.1 Å². The summed E-state index contributed by atoms with van der Waals surface area (Å²) in [7, 11) is -2.64. The highest BCUT2D eigenvalue weighted by atomic mass is 35.5. The zero-order chi connectivity index (χ0) is 25.9. The number of piperazine rings is 1. The van der Waals surface area contributed by atoms with E-state index >= 15 is 0 Å². The van der Waals surface area contributed by atoms with Crippen LogP contribution in [0.25, 0.3) is 0 Å². The lowest BCUT2D eigenvalue weighted by Crippen LogP contribution is -2.52. The normalized spacial score (nSPS) is 14.0. The summed E-state index contributed by atoms with van der Waals surface area (Å²) >= 11 is 12.4. The first kappa shape index (κ1) is 26.1. The number of anilines is 2. The Bertz CT molecular complexity index is 1340. The molecule has 0 radical (unpaired) electrons. The highest BCUT2D eigenvalue weighted by Gasteiger charge is 2.32. The Morgan fingerprint density at radius 2 is 1.58 bits per heavy atom. The van der Waals surface area contributed by atoms with Crippen LogP contribution in [0.15, 0.2) is 71.6 Å². The lowest BCUT2D eigenvalue weighted by atomic mass is 10.1. The minimum atomic E-state index is -4.08. The fraction of sp³-hybridized carbons (Fsp3) is 0.269. The minimum absolute atomic E-state index is 0.0704. The molecular formula is C26H27Cl2N3O4S. The smallest absolute Gasteiger partial charge is 0.264 e. The number of amides is 1. The number of hydrogen-bond acceptors (Lipinski definition) is 5. The van der Waals surface area contributed by atoms with E-state index in [1.165, 1.54) is 25.3 Å². The van der Waals surface area contributed by atoms with E-state index in [4.69, 9.17) is 27.9 Å². The van der Waals surface area contributed by atoms with E-state index < -0.39 is 10.0 Å². The molecule has 1 fully saturated rings. The first-order chi connectivity index (χ1) is 17.2. The van der Waals surface area contributed by atoms with E-state index in [0.29, 0.717) is 42.0 Å². The van der Waals surface area contributed by atoms with Gasteiger partial charge in [0.2, 0.25) is 5.91 Å². The van der Waals surface area contributed by atoms with Crippen LogP contribution in [0, 0.1) is 6.92 Å². The van der Waals surface area contributed by atoms with E-state index in [2.05, 4.69) is 4.90 Å². The second kappa shape index (κ2) is 11.0. The summed E-state index contributed by atoms with van der Waals surface area (Å²) in [5.41, 5.74) is 2.34. The van der Waals surface area contributed by atoms with Gasteiger partial charge in [-0.25, -0.2) is 8.42 Å². The second-order valence-electron chi connectivity index (χ2n) is 8.44. The van der Waals surface area contributed by atoms with Crippen molar-refractivity contribution < 1.29 is 17.9 Å². The van der Waals surface area contributed by atoms with Gasteiger partial charge in [0.1, 0.15) is 12.3 Å². The lowest BCUT2D eigenvalue weighted by molar-refractivity contribution is -0.129. The maximum Gasteiger partial charge on any atom is 0.264 e. The average Bonchev–Trinajstić information content (AvgIpc) is 2.89. The van der Waals surface area contributed by atoms with Crippen LogP contribution in [-0.2, 0) is 14.8 Å². The van der Waals surface area contributed by atoms with Crippen LogP contribution in [0.5, 0.6) is 5.75 Å². The molecule has 1 aliphatic heterocycles. The van der Waals surface area contributed by atoms with Crippen molar-refractivity contribution in [3.05, 3.63) is 82.3 Å². The zero-order valence-corrected chi connectivity index (χ0v) is 22.4. The van der Waals surface area contributed by atoms with E-state index in [0.717, 1.165) is 15.6 Å². The van der Waals surface area contributed by atoms with Crippen molar-refractivity contribution in [2.75, 3.05) is 49.0 Å². The molecule has 7 nitrogen and oxygen atoms in total. The second-order valence-corrected chi connectivity index (χ2v) is 11.2. The predicted molar refractivity (Wildman–Crippen MR) is 144 cm³/mol. The van der Waals surface area contributed by atoms with Crippen LogP contribution in [0.2, 0.25) is 10.0 Å². The maximum atomic E-state index is 13.7. The molecule has 1 aliphatic rings. The van der Waals surface area contributed by atoms with Crippen LogP contribution in [0.4, 0.5) is 11.4 Å². The number of sulfonamides is 1. The third-order valence-electron chi connectivity index (χ3n) is 6.16. The quantitative estimate of drug-likeness (QED) is 0.422. The summed E-state index contributed by atoms with van der Waals surface area (Å²) < 4.78 is 33.8. The molecular weight excluding hydrogens is 521 g/mol. The Morgan fingerprint density at radius 3 is 2.25 bits per heavy atom. The molecule has 0 aromatic heterocycles. The Kier molecular flexibility index (Phi) is 7.97. The summed E-state index contributed by atoms with van der Waals surface area (Å²) in [4.78, 5) is 17.4. The van der Waals surface area contributed by atoms with Crippen LogP contribution >= 0.6 is 23.2 Å². The van der Waals surface area contributed by atoms with Crippen molar-refractivity contribution in [3.63, 3.8) is 0 Å². The fourth-order valence-electron chi connectivity index (χ4n) is 4.22. The van der Waals surface area contributed by atoms with E-state index in [-0.39, 0.29) is 23.0 Å². The molecule has 3 aromatic carbocycles. The standard InChI is InChI=1S/C26H27Cl2N3O4S/c1-19-8-9-20(27)16-23(19)29-12-14-30(15-13-29)26(32)18-31(24-17-21(28)10-11-25(24)35-2)36(33,34)22-6-4-3-5-7-22/h3-11,16-17H,12-15,18H2,1-2H3. The van der Waals surface area contributed by atoms with E-state index in [1.54, 1.807) is 35.2 Å². The van der Waals surface area contributed by atoms with Gasteiger partial charge in [-0.1, -0.05) is 47.5 Å². The van der Waals surface area contributed by atoms with Gasteiger partial charge < -0.3 is 14.5 Å². The number of hydrogen-bond donors (Lipinski definition) is 0. The molecule has 190 valence electrons. The Labute approximate surface area is 221 Å². The Morgan fingerprint density at radius 1 is 0.944 bits per heavy atom. The van der Waals surface area contributed by atoms with Gasteiger partial charge in [0.15, 0.2) is 0 Å². The third-order valence-corrected chi connectivity index (χ3v) is 8.41. The van der Waals surface area contributed by atoms with E-state index in [9.17, 15) is 13.2 Å². The van der Waals surface area contributed by atoms with Gasteiger partial charge in [-0.05, 0) is 55.0 Å². The molecule has 0 unspecified atom stereocenters. The SMILES string of the molecule is COc1ccc(Cl)cc1N(CC(=O)N1CCN(c2cc(Cl)ccc2C)CC1)S(=O)(=O)c1ccccc1. The maximum absolute atomic E-state index is 13.7. The molecule has 0 atom stereocenters. The molecule has 0 aliphatic carbocycles. The molecule has 4 rings (SSSR count). The van der Waals surface area contributed by atoms with Crippen molar-refractivity contribution in [2.24, 2.45) is 0 Å². The molecule has 0 N–H and O–H groups in total. The molecule has 10 heteroatoms. The number of ether oxygens (including phenoxy) is 1. The number of halogens is 2. The number of carbonyl (C=O) groups is 1. The van der Waals surface area contributed by atoms with Gasteiger partial charge >= 0.3 is 0 Å². The first-order valence-electron chi connectivity index (χ1n) is 11.4. The van der Waals surface area contributed by atoms with Gasteiger partial charge in [-0.2, -0.15) is 0 Å². The number of benzene rings is 3. The molecule has 1 amide bonds. The molecule has 1 saturated heterocycles. The Balaban J connectivity index is 1.59. The van der Waals surface area contributed by atoms with Crippen molar-refractivity contribution in [1.29, 1.82) is 0 Å². The first-order valence-corrected chi connectivity index (χ1v) is 13.6. The van der Waals surface area contributed by atoms with Gasteiger partial charge in [-0.15, -0.1) is 0 Å². The molecule has 0 saturated carbocycles. The number of nitrogens with zero attached hydrogens (tertiary/aromatic N) is 3. The lowest BCUT2D eigenvalue weighted by Gasteiger charge is -2.37. The van der Waals surface area contributed by atoms with Gasteiger partial charge in [0.05, 0.1) is 17.7 Å². The summed E-state index contributed by atoms with van der Waals surface area (Å²) in [6, 6.07) is 18.4. The minimum Gasteiger partial charge on any atom is -0.495 e. The van der Waals surface area contributed by atoms with Gasteiger partial charge in [-0.3, -0.25) is 9.10 Å². The summed E-state index contributed by atoms with van der Waals surface area (Å²) in [6.07, 6.45) is 0. The van der Waals surface area contributed by atoms with Crippen LogP contribution in [0.1, 0.15) is 5.56 Å². The van der Waals surface area contributed by atoms with Crippen molar-refractivity contribution in [1.82, 2.24) is 4.90 Å². The highest BCUT2D eigenvalue weighted by molar-refractivity contribution is 7.92. The number of aryl methyl sites for hydroxylation is 1. The van der Waals surface area contributed by atoms with Gasteiger partial charge in [0.25, 0.3) is 10.0 Å². The van der Waals surface area contributed by atoms with Gasteiger partial charge in [0, 0.05) is 41.9 Å². The fourth-order valence-corrected chi connectivity index (χ4v) is 5.99. The summed E-state index contributed by atoms with van der Waals surface area (Å²) in [5.74, 6) is -0.00745. The van der Waals surface area contributed by atoms with Crippen molar-refractivity contribution in [2.45, 2.75) is 11.8 Å².